The van der Waals surface area contributed by atoms with Crippen molar-refractivity contribution in [2.45, 2.75) is 50.0 Å². The Kier molecular flexibility index (Phi) is 4.57. The summed E-state index contributed by atoms with van der Waals surface area (Å²) < 4.78 is 10.6. The second kappa shape index (κ2) is 6.80. The molecule has 2 aliphatic rings. The zero-order valence-corrected chi connectivity index (χ0v) is 13.1. The number of nitrogens with zero attached hydrogens (tertiary/aromatic N) is 3. The second-order valence-corrected chi connectivity index (χ2v) is 6.07. The molecule has 0 bridgehead atoms. The number of ether oxygens (including phenoxy) is 2. The van der Waals surface area contributed by atoms with Crippen LogP contribution >= 0.6 is 0 Å². The highest BCUT2D eigenvalue weighted by atomic mass is 16.6. The van der Waals surface area contributed by atoms with Gasteiger partial charge in [-0.1, -0.05) is 35.4 Å². The lowest BCUT2D eigenvalue weighted by Crippen LogP contribution is -2.50. The third-order valence-electron chi connectivity index (χ3n) is 4.39. The summed E-state index contributed by atoms with van der Waals surface area (Å²) in [7, 11) is 0. The largest absolute Gasteiger partial charge is 0.460 e. The van der Waals surface area contributed by atoms with E-state index < -0.39 is 29.7 Å². The first-order valence-electron chi connectivity index (χ1n) is 7.86. The van der Waals surface area contributed by atoms with E-state index in [0.29, 0.717) is 12.8 Å². The summed E-state index contributed by atoms with van der Waals surface area (Å²) in [6, 6.07) is 8.62. The number of cyclic esters (lactones) is 1. The maximum absolute atomic E-state index is 12.0. The number of esters is 1. The Labute approximate surface area is 138 Å². The van der Waals surface area contributed by atoms with Crippen LogP contribution in [0.1, 0.15) is 31.2 Å². The van der Waals surface area contributed by atoms with Crippen molar-refractivity contribution in [3.63, 3.8) is 0 Å². The molecular formula is C16H18N4O4. The lowest BCUT2D eigenvalue weighted by molar-refractivity contribution is -0.158. The van der Waals surface area contributed by atoms with Crippen molar-refractivity contribution in [3.05, 3.63) is 46.3 Å². The van der Waals surface area contributed by atoms with E-state index in [0.717, 1.165) is 18.4 Å². The predicted molar refractivity (Wildman–Crippen MR) is 83.8 cm³/mol. The number of amides is 1. The molecule has 1 aromatic rings. The molecule has 3 rings (SSSR count). The number of benzene rings is 1. The number of nitrogens with one attached hydrogen (secondary N) is 1. The Morgan fingerprint density at radius 1 is 1.38 bits per heavy atom. The molecule has 2 atom stereocenters. The minimum Gasteiger partial charge on any atom is -0.460 e. The van der Waals surface area contributed by atoms with Gasteiger partial charge in [-0.05, 0) is 36.8 Å². The number of hydrogen-bond donors (Lipinski definition) is 1. The van der Waals surface area contributed by atoms with E-state index in [1.807, 2.05) is 30.3 Å². The first-order valence-corrected chi connectivity index (χ1v) is 7.86. The van der Waals surface area contributed by atoms with E-state index in [1.165, 1.54) is 0 Å². The fraction of sp³-hybridized carbons (Fsp3) is 0.500. The van der Waals surface area contributed by atoms with Crippen molar-refractivity contribution in [1.29, 1.82) is 0 Å². The summed E-state index contributed by atoms with van der Waals surface area (Å²) in [4.78, 5) is 26.5. The smallest absolute Gasteiger partial charge is 0.408 e. The molecule has 1 unspecified atom stereocenters. The molecule has 1 N–H and O–H groups in total. The number of hydrogen-bond acceptors (Lipinski definition) is 5. The standard InChI is InChI=1S/C16H18N4O4/c17-20-19-12-6-7-13(24-14(12)21)16(8-9-16)18-15(22)23-10-11-4-2-1-3-5-11/h1-5,12-13H,6-10H2,(H,18,22)/t12?,13-/m0/s1. The molecule has 1 amide bonds. The Morgan fingerprint density at radius 2 is 2.12 bits per heavy atom. The summed E-state index contributed by atoms with van der Waals surface area (Å²) in [5, 5.41) is 6.25. The minimum atomic E-state index is -0.771. The van der Waals surface area contributed by atoms with Gasteiger partial charge < -0.3 is 14.8 Å². The Bertz CT molecular complexity index is 668. The van der Waals surface area contributed by atoms with E-state index in [2.05, 4.69) is 15.3 Å². The summed E-state index contributed by atoms with van der Waals surface area (Å²) in [5.74, 6) is -0.533. The van der Waals surface area contributed by atoms with Gasteiger partial charge in [0.05, 0.1) is 5.54 Å². The van der Waals surface area contributed by atoms with Crippen LogP contribution in [0, 0.1) is 0 Å². The van der Waals surface area contributed by atoms with Crippen LogP contribution < -0.4 is 5.32 Å². The van der Waals surface area contributed by atoms with Crippen LogP contribution in [0.5, 0.6) is 0 Å². The summed E-state index contributed by atoms with van der Waals surface area (Å²) in [5.41, 5.74) is 8.77. The quantitative estimate of drug-likeness (QED) is 0.387. The summed E-state index contributed by atoms with van der Waals surface area (Å²) in [6.07, 6.45) is 1.52. The SMILES string of the molecule is [N-]=[N+]=NC1CC[C@@H](C2(NC(=O)OCc3ccccc3)CC2)OC1=O. The van der Waals surface area contributed by atoms with Gasteiger partial charge in [-0.15, -0.1) is 0 Å². The second-order valence-electron chi connectivity index (χ2n) is 6.07. The number of azide groups is 1. The van der Waals surface area contributed by atoms with Gasteiger partial charge in [0, 0.05) is 4.91 Å². The normalized spacial score (nSPS) is 24.2. The van der Waals surface area contributed by atoms with Crippen LogP contribution in [0.4, 0.5) is 4.79 Å². The molecule has 2 fully saturated rings. The molecule has 1 saturated carbocycles. The van der Waals surface area contributed by atoms with Gasteiger partial charge in [-0.25, -0.2) is 4.79 Å². The third-order valence-corrected chi connectivity index (χ3v) is 4.39. The maximum Gasteiger partial charge on any atom is 0.408 e. The topological polar surface area (TPSA) is 113 Å². The molecule has 8 nitrogen and oxygen atoms in total. The number of alkyl carbamates (subject to hydrolysis) is 1. The maximum atomic E-state index is 12.0. The first kappa shape index (κ1) is 16.1. The molecule has 1 aromatic carbocycles. The Hall–Kier alpha value is -2.73. The molecule has 1 aliphatic heterocycles. The zero-order valence-electron chi connectivity index (χ0n) is 13.1. The molecule has 1 saturated heterocycles. The first-order chi connectivity index (χ1) is 11.6. The van der Waals surface area contributed by atoms with E-state index in [1.54, 1.807) is 0 Å². The predicted octanol–water partition coefficient (Wildman–Crippen LogP) is 2.83. The molecule has 0 aromatic heterocycles. The van der Waals surface area contributed by atoms with Crippen molar-refractivity contribution in [3.8, 4) is 0 Å². The molecular weight excluding hydrogens is 312 g/mol. The minimum absolute atomic E-state index is 0.187. The van der Waals surface area contributed by atoms with Gasteiger partial charge in [0.1, 0.15) is 18.8 Å². The van der Waals surface area contributed by atoms with E-state index in [4.69, 9.17) is 15.0 Å². The van der Waals surface area contributed by atoms with Crippen molar-refractivity contribution in [2.75, 3.05) is 0 Å². The average molecular weight is 330 g/mol. The molecule has 0 spiro atoms. The van der Waals surface area contributed by atoms with Gasteiger partial charge in [0.25, 0.3) is 0 Å². The lowest BCUT2D eigenvalue weighted by atomic mass is 9.97. The monoisotopic (exact) mass is 330 g/mol. The fourth-order valence-corrected chi connectivity index (χ4v) is 2.89. The molecule has 8 heteroatoms. The van der Waals surface area contributed by atoms with E-state index >= 15 is 0 Å². The third kappa shape index (κ3) is 3.60. The number of carbonyl (C=O) groups excluding carboxylic acids is 2. The summed E-state index contributed by atoms with van der Waals surface area (Å²) >= 11 is 0. The van der Waals surface area contributed by atoms with Crippen LogP contribution in [0.15, 0.2) is 35.4 Å². The van der Waals surface area contributed by atoms with Gasteiger partial charge in [0.2, 0.25) is 0 Å². The van der Waals surface area contributed by atoms with Gasteiger partial charge in [-0.2, -0.15) is 0 Å². The summed E-state index contributed by atoms with van der Waals surface area (Å²) in [6.45, 7) is 0.187. The highest BCUT2D eigenvalue weighted by Gasteiger charge is 2.54. The molecule has 0 radical (unpaired) electrons. The van der Waals surface area contributed by atoms with Crippen molar-refractivity contribution in [2.24, 2.45) is 5.11 Å². The van der Waals surface area contributed by atoms with Crippen LogP contribution in [0.3, 0.4) is 0 Å². The highest BCUT2D eigenvalue weighted by molar-refractivity contribution is 5.77. The lowest BCUT2D eigenvalue weighted by Gasteiger charge is -2.32. The van der Waals surface area contributed by atoms with E-state index in [-0.39, 0.29) is 6.61 Å². The molecule has 126 valence electrons. The van der Waals surface area contributed by atoms with Crippen LogP contribution in [0.2, 0.25) is 0 Å². The van der Waals surface area contributed by atoms with Crippen LogP contribution in [-0.4, -0.2) is 29.7 Å². The number of rotatable bonds is 5. The van der Waals surface area contributed by atoms with Crippen molar-refractivity contribution in [1.82, 2.24) is 5.32 Å². The molecule has 24 heavy (non-hydrogen) atoms. The highest BCUT2D eigenvalue weighted by Crippen LogP contribution is 2.43. The van der Waals surface area contributed by atoms with Gasteiger partial charge in [0.15, 0.2) is 0 Å². The molecule has 1 heterocycles. The van der Waals surface area contributed by atoms with Crippen LogP contribution in [0.25, 0.3) is 10.4 Å². The van der Waals surface area contributed by atoms with E-state index in [9.17, 15) is 9.59 Å². The van der Waals surface area contributed by atoms with Gasteiger partial charge >= 0.3 is 12.1 Å². The van der Waals surface area contributed by atoms with Crippen molar-refractivity contribution < 1.29 is 19.1 Å². The fourth-order valence-electron chi connectivity index (χ4n) is 2.89. The Morgan fingerprint density at radius 3 is 2.75 bits per heavy atom. The zero-order chi connectivity index (χ0) is 17.0. The van der Waals surface area contributed by atoms with Crippen molar-refractivity contribution >= 4 is 12.1 Å². The Balaban J connectivity index is 1.52. The molecule has 1 aliphatic carbocycles. The average Bonchev–Trinajstić information content (AvgIpc) is 3.36. The number of carbonyl (C=O) groups is 2. The van der Waals surface area contributed by atoms with Gasteiger partial charge in [-0.3, -0.25) is 4.79 Å². The van der Waals surface area contributed by atoms with Crippen LogP contribution in [-0.2, 0) is 20.9 Å².